The highest BCUT2D eigenvalue weighted by Crippen LogP contribution is 2.43. The maximum Gasteiger partial charge on any atom is 0.144 e. The summed E-state index contributed by atoms with van der Waals surface area (Å²) in [5.74, 6) is 3.32. The van der Waals surface area contributed by atoms with Gasteiger partial charge in [0.25, 0.3) is 0 Å². The lowest BCUT2D eigenvalue weighted by molar-refractivity contribution is 0.679. The van der Waals surface area contributed by atoms with Crippen molar-refractivity contribution >= 4 is 21.7 Å². The van der Waals surface area contributed by atoms with E-state index < -0.39 is 0 Å². The number of rotatable bonds is 4. The van der Waals surface area contributed by atoms with E-state index in [2.05, 4.69) is 33.2 Å². The van der Waals surface area contributed by atoms with Gasteiger partial charge in [0.15, 0.2) is 0 Å². The lowest BCUT2D eigenvalue weighted by Gasteiger charge is -2.16. The molecule has 4 heteroatoms. The number of aromatic nitrogens is 2. The predicted octanol–water partition coefficient (Wildman–Crippen LogP) is 4.21. The second-order valence-corrected chi connectivity index (χ2v) is 6.21. The van der Waals surface area contributed by atoms with E-state index in [1.54, 1.807) is 0 Å². The molecule has 1 heterocycles. The number of nitrogens with zero attached hydrogens (tertiary/aromatic N) is 2. The van der Waals surface area contributed by atoms with Gasteiger partial charge in [0.2, 0.25) is 0 Å². The van der Waals surface area contributed by atoms with Crippen LogP contribution in [0.15, 0.2) is 4.47 Å². The van der Waals surface area contributed by atoms with E-state index in [0.29, 0.717) is 11.8 Å². The van der Waals surface area contributed by atoms with E-state index in [-0.39, 0.29) is 0 Å². The molecular weight excluding hydrogens is 290 g/mol. The third-order valence-electron chi connectivity index (χ3n) is 3.92. The molecule has 0 saturated heterocycles. The molecule has 1 aromatic heterocycles. The van der Waals surface area contributed by atoms with Crippen LogP contribution in [0.4, 0.5) is 5.82 Å². The summed E-state index contributed by atoms with van der Waals surface area (Å²) in [7, 11) is 0. The van der Waals surface area contributed by atoms with Crippen LogP contribution in [0.5, 0.6) is 0 Å². The van der Waals surface area contributed by atoms with E-state index >= 15 is 0 Å². The van der Waals surface area contributed by atoms with Crippen molar-refractivity contribution in [3.8, 4) is 0 Å². The zero-order chi connectivity index (χ0) is 12.5. The van der Waals surface area contributed by atoms with Crippen molar-refractivity contribution in [3.63, 3.8) is 0 Å². The standard InChI is InChI=1S/C14H20BrN3/c1-2-16-14-11(15)12(9-5-3-4-6-9)17-13(18-14)10-7-8-10/h9-10H,2-8H2,1H3,(H,16,17,18). The first-order valence-corrected chi connectivity index (χ1v) is 7.90. The van der Waals surface area contributed by atoms with Crippen molar-refractivity contribution in [1.29, 1.82) is 0 Å². The molecule has 18 heavy (non-hydrogen) atoms. The Hall–Kier alpha value is -0.640. The Morgan fingerprint density at radius 1 is 1.11 bits per heavy atom. The van der Waals surface area contributed by atoms with Crippen LogP contribution in [0.2, 0.25) is 0 Å². The van der Waals surface area contributed by atoms with Crippen molar-refractivity contribution in [1.82, 2.24) is 9.97 Å². The van der Waals surface area contributed by atoms with E-state index in [9.17, 15) is 0 Å². The van der Waals surface area contributed by atoms with Crippen LogP contribution in [0.3, 0.4) is 0 Å². The summed E-state index contributed by atoms with van der Waals surface area (Å²) >= 11 is 3.71. The lowest BCUT2D eigenvalue weighted by atomic mass is 10.0. The van der Waals surface area contributed by atoms with Crippen LogP contribution in [-0.2, 0) is 0 Å². The Morgan fingerprint density at radius 3 is 2.44 bits per heavy atom. The quantitative estimate of drug-likeness (QED) is 0.905. The smallest absolute Gasteiger partial charge is 0.144 e. The zero-order valence-electron chi connectivity index (χ0n) is 10.9. The minimum Gasteiger partial charge on any atom is -0.369 e. The highest BCUT2D eigenvalue weighted by atomic mass is 79.9. The fourth-order valence-corrected chi connectivity index (χ4v) is 3.40. The lowest BCUT2D eigenvalue weighted by Crippen LogP contribution is -2.09. The van der Waals surface area contributed by atoms with Crippen LogP contribution in [0.1, 0.15) is 68.8 Å². The summed E-state index contributed by atoms with van der Waals surface area (Å²) in [5.41, 5.74) is 1.25. The summed E-state index contributed by atoms with van der Waals surface area (Å²) in [6.45, 7) is 3.02. The van der Waals surface area contributed by atoms with Gasteiger partial charge in [-0.3, -0.25) is 0 Å². The average Bonchev–Trinajstić information content (AvgIpc) is 3.08. The van der Waals surface area contributed by atoms with Crippen LogP contribution in [0.25, 0.3) is 0 Å². The molecule has 0 atom stereocenters. The minimum absolute atomic E-state index is 0.621. The summed E-state index contributed by atoms with van der Waals surface area (Å²) in [4.78, 5) is 9.55. The normalized spacial score (nSPS) is 20.3. The molecule has 0 radical (unpaired) electrons. The Balaban J connectivity index is 1.98. The number of hydrogen-bond donors (Lipinski definition) is 1. The van der Waals surface area contributed by atoms with Gasteiger partial charge < -0.3 is 5.32 Å². The summed E-state index contributed by atoms with van der Waals surface area (Å²) in [6, 6.07) is 0. The number of halogens is 1. The molecule has 0 bridgehead atoms. The third kappa shape index (κ3) is 2.40. The Bertz CT molecular complexity index is 437. The number of anilines is 1. The highest BCUT2D eigenvalue weighted by Gasteiger charge is 2.30. The second kappa shape index (κ2) is 5.16. The van der Waals surface area contributed by atoms with Gasteiger partial charge in [0, 0.05) is 18.4 Å². The summed E-state index contributed by atoms with van der Waals surface area (Å²) in [5, 5.41) is 3.36. The molecule has 2 aliphatic rings. The number of nitrogens with one attached hydrogen (secondary N) is 1. The van der Waals surface area contributed by atoms with Crippen molar-refractivity contribution in [3.05, 3.63) is 16.0 Å². The topological polar surface area (TPSA) is 37.8 Å². The van der Waals surface area contributed by atoms with Gasteiger partial charge in [0.1, 0.15) is 11.6 Å². The summed E-state index contributed by atoms with van der Waals surface area (Å²) in [6.07, 6.45) is 7.78. The predicted molar refractivity (Wildman–Crippen MR) is 77.1 cm³/mol. The van der Waals surface area contributed by atoms with Crippen LogP contribution >= 0.6 is 15.9 Å². The first-order valence-electron chi connectivity index (χ1n) is 7.10. The molecule has 2 fully saturated rings. The average molecular weight is 310 g/mol. The van der Waals surface area contributed by atoms with Crippen LogP contribution in [-0.4, -0.2) is 16.5 Å². The van der Waals surface area contributed by atoms with Gasteiger partial charge in [-0.1, -0.05) is 12.8 Å². The summed E-state index contributed by atoms with van der Waals surface area (Å²) < 4.78 is 1.10. The van der Waals surface area contributed by atoms with Gasteiger partial charge in [0.05, 0.1) is 10.2 Å². The molecule has 1 aromatic rings. The monoisotopic (exact) mass is 309 g/mol. The Morgan fingerprint density at radius 2 is 1.83 bits per heavy atom. The Kier molecular flexibility index (Phi) is 3.55. The van der Waals surface area contributed by atoms with E-state index in [4.69, 9.17) is 4.98 Å². The maximum atomic E-state index is 4.86. The van der Waals surface area contributed by atoms with Gasteiger partial charge in [-0.15, -0.1) is 0 Å². The van der Waals surface area contributed by atoms with Crippen LogP contribution < -0.4 is 5.32 Å². The molecule has 0 unspecified atom stereocenters. The molecule has 0 amide bonds. The van der Waals surface area contributed by atoms with Gasteiger partial charge in [-0.25, -0.2) is 9.97 Å². The molecular formula is C14H20BrN3. The van der Waals surface area contributed by atoms with Gasteiger partial charge in [-0.05, 0) is 48.5 Å². The molecule has 0 spiro atoms. The van der Waals surface area contributed by atoms with Gasteiger partial charge in [-0.2, -0.15) is 0 Å². The third-order valence-corrected chi connectivity index (χ3v) is 4.70. The first-order chi connectivity index (χ1) is 8.79. The molecule has 3 rings (SSSR count). The van der Waals surface area contributed by atoms with E-state index in [0.717, 1.165) is 22.7 Å². The molecule has 1 N–H and O–H groups in total. The SMILES string of the molecule is CCNc1nc(C2CC2)nc(C2CCCC2)c1Br. The van der Waals surface area contributed by atoms with Crippen molar-refractivity contribution in [2.75, 3.05) is 11.9 Å². The van der Waals surface area contributed by atoms with Crippen LogP contribution in [0, 0.1) is 0 Å². The maximum absolute atomic E-state index is 4.86. The molecule has 0 aliphatic heterocycles. The first kappa shape index (κ1) is 12.4. The molecule has 98 valence electrons. The molecule has 3 nitrogen and oxygen atoms in total. The van der Waals surface area contributed by atoms with E-state index in [1.165, 1.54) is 44.2 Å². The van der Waals surface area contributed by atoms with Crippen molar-refractivity contribution < 1.29 is 0 Å². The largest absolute Gasteiger partial charge is 0.369 e. The Labute approximate surface area is 117 Å². The minimum atomic E-state index is 0.621. The van der Waals surface area contributed by atoms with Gasteiger partial charge >= 0.3 is 0 Å². The number of hydrogen-bond acceptors (Lipinski definition) is 3. The second-order valence-electron chi connectivity index (χ2n) is 5.42. The fraction of sp³-hybridized carbons (Fsp3) is 0.714. The van der Waals surface area contributed by atoms with Crippen molar-refractivity contribution in [2.45, 2.75) is 57.3 Å². The highest BCUT2D eigenvalue weighted by molar-refractivity contribution is 9.10. The molecule has 0 aromatic carbocycles. The molecule has 2 aliphatic carbocycles. The zero-order valence-corrected chi connectivity index (χ0v) is 12.5. The van der Waals surface area contributed by atoms with Crippen molar-refractivity contribution in [2.24, 2.45) is 0 Å². The van der Waals surface area contributed by atoms with E-state index in [1.807, 2.05) is 0 Å². The fourth-order valence-electron chi connectivity index (χ4n) is 2.76. The molecule has 2 saturated carbocycles.